The maximum atomic E-state index is 10.8. The summed E-state index contributed by atoms with van der Waals surface area (Å²) in [6.45, 7) is 3.08. The molecule has 0 spiro atoms. The number of carboxylic acid groups (broad SMARTS) is 1. The molecule has 5 nitrogen and oxygen atoms in total. The summed E-state index contributed by atoms with van der Waals surface area (Å²) in [4.78, 5) is 12.9. The van der Waals surface area contributed by atoms with Crippen LogP contribution in [0.3, 0.4) is 0 Å². The van der Waals surface area contributed by atoms with Crippen LogP contribution in [0, 0.1) is 5.92 Å². The lowest BCUT2D eigenvalue weighted by molar-refractivity contribution is -0.147. The summed E-state index contributed by atoms with van der Waals surface area (Å²) in [5.74, 6) is 0.585. The molecule has 2 aliphatic heterocycles. The van der Waals surface area contributed by atoms with Crippen LogP contribution in [0.4, 0.5) is 0 Å². The van der Waals surface area contributed by atoms with E-state index in [0.29, 0.717) is 26.3 Å². The molecule has 0 unspecified atom stereocenters. The van der Waals surface area contributed by atoms with E-state index >= 15 is 0 Å². The second-order valence-electron chi connectivity index (χ2n) is 4.82. The van der Waals surface area contributed by atoms with E-state index in [-0.39, 0.29) is 5.92 Å². The van der Waals surface area contributed by atoms with Crippen molar-refractivity contribution >= 4 is 21.9 Å². The van der Waals surface area contributed by atoms with Crippen LogP contribution in [0.1, 0.15) is 5.56 Å². The van der Waals surface area contributed by atoms with Gasteiger partial charge in [0.15, 0.2) is 11.5 Å². The number of nitrogens with zero attached hydrogens (tertiary/aromatic N) is 1. The maximum absolute atomic E-state index is 10.8. The minimum absolute atomic E-state index is 0.226. The highest BCUT2D eigenvalue weighted by atomic mass is 79.9. The Bertz CT molecular complexity index is 514. The third-order valence-corrected chi connectivity index (χ3v) is 4.15. The smallest absolute Gasteiger partial charge is 0.309 e. The first-order valence-electron chi connectivity index (χ1n) is 6.16. The lowest BCUT2D eigenvalue weighted by Gasteiger charge is -2.37. The van der Waals surface area contributed by atoms with Gasteiger partial charge in [-0.2, -0.15) is 0 Å². The molecule has 0 bridgehead atoms. The quantitative estimate of drug-likeness (QED) is 0.916. The van der Waals surface area contributed by atoms with Crippen molar-refractivity contribution in [3.05, 3.63) is 22.2 Å². The number of hydrogen-bond donors (Lipinski definition) is 1. The number of carboxylic acids is 1. The first-order chi connectivity index (χ1) is 9.13. The van der Waals surface area contributed by atoms with Gasteiger partial charge in [0.25, 0.3) is 0 Å². The van der Waals surface area contributed by atoms with E-state index in [1.807, 2.05) is 12.1 Å². The zero-order chi connectivity index (χ0) is 13.4. The number of fused-ring (bicyclic) bond motifs is 1. The van der Waals surface area contributed by atoms with Gasteiger partial charge >= 0.3 is 5.97 Å². The van der Waals surface area contributed by atoms with Crippen molar-refractivity contribution in [3.8, 4) is 11.5 Å². The van der Waals surface area contributed by atoms with Gasteiger partial charge in [0.1, 0.15) is 13.2 Å². The van der Waals surface area contributed by atoms with Crippen LogP contribution in [-0.2, 0) is 11.3 Å². The topological polar surface area (TPSA) is 59.0 Å². The molecule has 1 saturated heterocycles. The van der Waals surface area contributed by atoms with Gasteiger partial charge in [-0.1, -0.05) is 15.9 Å². The Morgan fingerprint density at radius 3 is 2.58 bits per heavy atom. The largest absolute Gasteiger partial charge is 0.486 e. The van der Waals surface area contributed by atoms with Crippen LogP contribution in [0.5, 0.6) is 11.5 Å². The summed E-state index contributed by atoms with van der Waals surface area (Å²) in [6.07, 6.45) is 0. The first kappa shape index (κ1) is 12.7. The van der Waals surface area contributed by atoms with E-state index < -0.39 is 5.97 Å². The van der Waals surface area contributed by atoms with Crippen molar-refractivity contribution < 1.29 is 19.4 Å². The lowest BCUT2D eigenvalue weighted by atomic mass is 9.99. The fourth-order valence-corrected chi connectivity index (χ4v) is 2.77. The Morgan fingerprint density at radius 2 is 1.95 bits per heavy atom. The molecule has 1 aromatic carbocycles. The predicted molar refractivity (Wildman–Crippen MR) is 71.5 cm³/mol. The van der Waals surface area contributed by atoms with Crippen LogP contribution in [-0.4, -0.2) is 42.3 Å². The molecule has 0 saturated carbocycles. The predicted octanol–water partition coefficient (Wildman–Crippen LogP) is 1.74. The molecule has 102 valence electrons. The highest BCUT2D eigenvalue weighted by Gasteiger charge is 2.32. The Balaban J connectivity index is 1.70. The summed E-state index contributed by atoms with van der Waals surface area (Å²) in [5.41, 5.74) is 1.09. The standard InChI is InChI=1S/C13H14BrNO4/c14-10-4-12-11(18-1-2-19-12)3-8(10)5-15-6-9(7-15)13(16)17/h3-4,9H,1-2,5-7H2,(H,16,17). The zero-order valence-electron chi connectivity index (χ0n) is 10.3. The Kier molecular flexibility index (Phi) is 3.36. The van der Waals surface area contributed by atoms with Crippen molar-refractivity contribution in [1.82, 2.24) is 4.90 Å². The minimum Gasteiger partial charge on any atom is -0.486 e. The summed E-state index contributed by atoms with van der Waals surface area (Å²) < 4.78 is 12.0. The van der Waals surface area contributed by atoms with Crippen molar-refractivity contribution in [2.45, 2.75) is 6.54 Å². The van der Waals surface area contributed by atoms with E-state index in [1.54, 1.807) is 0 Å². The van der Waals surface area contributed by atoms with Gasteiger partial charge in [0.2, 0.25) is 0 Å². The number of rotatable bonds is 3. The molecule has 1 aromatic rings. The third-order valence-electron chi connectivity index (χ3n) is 3.41. The van der Waals surface area contributed by atoms with Crippen LogP contribution in [0.25, 0.3) is 0 Å². The fraction of sp³-hybridized carbons (Fsp3) is 0.462. The number of aliphatic carboxylic acids is 1. The summed E-state index contributed by atoms with van der Waals surface area (Å²) in [5, 5.41) is 8.86. The summed E-state index contributed by atoms with van der Waals surface area (Å²) in [6, 6.07) is 3.88. The average molecular weight is 328 g/mol. The highest BCUT2D eigenvalue weighted by Crippen LogP contribution is 2.36. The van der Waals surface area contributed by atoms with Crippen LogP contribution >= 0.6 is 15.9 Å². The molecule has 3 rings (SSSR count). The van der Waals surface area contributed by atoms with Crippen molar-refractivity contribution in [2.75, 3.05) is 26.3 Å². The molecule has 2 aliphatic rings. The summed E-state index contributed by atoms with van der Waals surface area (Å²) >= 11 is 3.52. The maximum Gasteiger partial charge on any atom is 0.309 e. The van der Waals surface area contributed by atoms with Gasteiger partial charge in [-0.05, 0) is 17.7 Å². The van der Waals surface area contributed by atoms with Crippen molar-refractivity contribution in [2.24, 2.45) is 5.92 Å². The molecule has 6 heteroatoms. The van der Waals surface area contributed by atoms with Gasteiger partial charge in [-0.3, -0.25) is 9.69 Å². The molecular formula is C13H14BrNO4. The van der Waals surface area contributed by atoms with Gasteiger partial charge in [0.05, 0.1) is 5.92 Å². The van der Waals surface area contributed by atoms with Crippen LogP contribution < -0.4 is 9.47 Å². The van der Waals surface area contributed by atoms with E-state index in [4.69, 9.17) is 14.6 Å². The highest BCUT2D eigenvalue weighted by molar-refractivity contribution is 9.10. The molecule has 0 radical (unpaired) electrons. The molecule has 2 heterocycles. The van der Waals surface area contributed by atoms with Crippen molar-refractivity contribution in [3.63, 3.8) is 0 Å². The second kappa shape index (κ2) is 5.02. The van der Waals surface area contributed by atoms with Crippen LogP contribution in [0.2, 0.25) is 0 Å². The molecule has 0 amide bonds. The van der Waals surface area contributed by atoms with E-state index in [0.717, 1.165) is 28.1 Å². The van der Waals surface area contributed by atoms with Crippen LogP contribution in [0.15, 0.2) is 16.6 Å². The normalized spacial score (nSPS) is 19.0. The number of carbonyl (C=O) groups is 1. The van der Waals surface area contributed by atoms with Gasteiger partial charge in [-0.25, -0.2) is 0 Å². The van der Waals surface area contributed by atoms with E-state index in [1.165, 1.54) is 0 Å². The number of benzene rings is 1. The molecule has 0 aromatic heterocycles. The van der Waals surface area contributed by atoms with E-state index in [9.17, 15) is 4.79 Å². The minimum atomic E-state index is -0.711. The Hall–Kier alpha value is -1.27. The number of hydrogen-bond acceptors (Lipinski definition) is 4. The molecule has 1 fully saturated rings. The van der Waals surface area contributed by atoms with Gasteiger partial charge in [-0.15, -0.1) is 0 Å². The van der Waals surface area contributed by atoms with Gasteiger partial charge in [0, 0.05) is 24.1 Å². The second-order valence-corrected chi connectivity index (χ2v) is 5.67. The molecule has 1 N–H and O–H groups in total. The number of ether oxygens (including phenoxy) is 2. The van der Waals surface area contributed by atoms with E-state index in [2.05, 4.69) is 20.8 Å². The average Bonchev–Trinajstić information content (AvgIpc) is 2.33. The Morgan fingerprint density at radius 1 is 1.32 bits per heavy atom. The van der Waals surface area contributed by atoms with Gasteiger partial charge < -0.3 is 14.6 Å². The Labute approximate surface area is 119 Å². The first-order valence-corrected chi connectivity index (χ1v) is 6.96. The molecular weight excluding hydrogens is 314 g/mol. The molecule has 0 aliphatic carbocycles. The molecule has 0 atom stereocenters. The lowest BCUT2D eigenvalue weighted by Crippen LogP contribution is -2.49. The monoisotopic (exact) mass is 327 g/mol. The SMILES string of the molecule is O=C(O)C1CN(Cc2cc3c(cc2Br)OCCO3)C1. The number of likely N-dealkylation sites (tertiary alicyclic amines) is 1. The fourth-order valence-electron chi connectivity index (χ4n) is 2.32. The van der Waals surface area contributed by atoms with Crippen molar-refractivity contribution in [1.29, 1.82) is 0 Å². The molecule has 19 heavy (non-hydrogen) atoms. The number of halogens is 1. The third kappa shape index (κ3) is 2.55. The summed E-state index contributed by atoms with van der Waals surface area (Å²) in [7, 11) is 0. The zero-order valence-corrected chi connectivity index (χ0v) is 11.9.